The van der Waals surface area contributed by atoms with Gasteiger partial charge in [-0.25, -0.2) is 13.2 Å². The molecule has 2 aromatic carbocycles. The van der Waals surface area contributed by atoms with E-state index >= 15 is 0 Å². The maximum atomic E-state index is 13.4. The highest BCUT2D eigenvalue weighted by atomic mass is 19.1. The Balaban J connectivity index is 2.33. The lowest BCUT2D eigenvalue weighted by Gasteiger charge is -2.09. The molecular weight excluding hydrogens is 229 g/mol. The summed E-state index contributed by atoms with van der Waals surface area (Å²) >= 11 is 0. The third-order valence-corrected chi connectivity index (χ3v) is 2.18. The summed E-state index contributed by atoms with van der Waals surface area (Å²) in [5.74, 6) is -2.02. The van der Waals surface area contributed by atoms with E-state index in [0.29, 0.717) is 5.69 Å². The molecule has 0 aliphatic rings. The Hall–Kier alpha value is -2.17. The van der Waals surface area contributed by atoms with Gasteiger partial charge in [-0.05, 0) is 36.4 Å². The predicted octanol–water partition coefficient (Wildman–Crippen LogP) is 3.43. The van der Waals surface area contributed by atoms with Gasteiger partial charge in [0.05, 0.1) is 0 Å². The zero-order valence-corrected chi connectivity index (χ0v) is 8.68. The Kier molecular flexibility index (Phi) is 2.91. The molecule has 0 aromatic heterocycles. The fraction of sp³-hybridized carbons (Fsp3) is 0. The van der Waals surface area contributed by atoms with Crippen molar-refractivity contribution in [2.24, 2.45) is 0 Å². The Morgan fingerprint density at radius 2 is 1.41 bits per heavy atom. The quantitative estimate of drug-likeness (QED) is 0.786. The molecule has 0 radical (unpaired) electrons. The van der Waals surface area contributed by atoms with Gasteiger partial charge in [-0.15, -0.1) is 0 Å². The van der Waals surface area contributed by atoms with Crippen molar-refractivity contribution in [3.8, 4) is 0 Å². The Labute approximate surface area is 95.9 Å². The average Bonchev–Trinajstić information content (AvgIpc) is 2.26. The molecule has 17 heavy (non-hydrogen) atoms. The van der Waals surface area contributed by atoms with Crippen LogP contribution < -0.4 is 11.1 Å². The van der Waals surface area contributed by atoms with E-state index in [1.54, 1.807) is 0 Å². The Morgan fingerprint density at radius 1 is 0.882 bits per heavy atom. The molecule has 2 rings (SSSR count). The van der Waals surface area contributed by atoms with Crippen molar-refractivity contribution in [3.05, 3.63) is 53.8 Å². The van der Waals surface area contributed by atoms with E-state index in [4.69, 9.17) is 5.73 Å². The number of nitrogen functional groups attached to an aromatic ring is 1. The van der Waals surface area contributed by atoms with Crippen LogP contribution in [-0.4, -0.2) is 0 Å². The first kappa shape index (κ1) is 11.3. The largest absolute Gasteiger partial charge is 0.399 e. The van der Waals surface area contributed by atoms with Gasteiger partial charge >= 0.3 is 0 Å². The molecule has 0 aliphatic heterocycles. The van der Waals surface area contributed by atoms with Gasteiger partial charge in [-0.3, -0.25) is 0 Å². The highest BCUT2D eigenvalue weighted by Crippen LogP contribution is 2.25. The summed E-state index contributed by atoms with van der Waals surface area (Å²) in [7, 11) is 0. The number of hydrogen-bond donors (Lipinski definition) is 2. The second kappa shape index (κ2) is 4.37. The fourth-order valence-electron chi connectivity index (χ4n) is 1.39. The number of halogens is 3. The van der Waals surface area contributed by atoms with Crippen molar-refractivity contribution in [1.82, 2.24) is 0 Å². The van der Waals surface area contributed by atoms with Crippen LogP contribution in [0.3, 0.4) is 0 Å². The standard InChI is InChI=1S/C12H9F3N2/c13-7-1-3-9(4-2-7)17-12-10(14)5-8(16)6-11(12)15/h1-6,17H,16H2. The highest BCUT2D eigenvalue weighted by molar-refractivity contribution is 5.63. The van der Waals surface area contributed by atoms with Crippen LogP contribution in [0.5, 0.6) is 0 Å². The van der Waals surface area contributed by atoms with Crippen molar-refractivity contribution in [2.45, 2.75) is 0 Å². The smallest absolute Gasteiger partial charge is 0.151 e. The second-order valence-electron chi connectivity index (χ2n) is 3.49. The molecule has 3 N–H and O–H groups in total. The van der Waals surface area contributed by atoms with Crippen LogP contribution in [0.4, 0.5) is 30.2 Å². The van der Waals surface area contributed by atoms with Crippen LogP contribution in [0.2, 0.25) is 0 Å². The van der Waals surface area contributed by atoms with Crippen molar-refractivity contribution in [2.75, 3.05) is 11.1 Å². The molecule has 0 spiro atoms. The zero-order chi connectivity index (χ0) is 12.4. The third-order valence-electron chi connectivity index (χ3n) is 2.18. The van der Waals surface area contributed by atoms with Gasteiger partial charge in [0, 0.05) is 11.4 Å². The molecule has 0 bridgehead atoms. The number of anilines is 3. The Bertz CT molecular complexity index is 515. The van der Waals surface area contributed by atoms with Gasteiger partial charge < -0.3 is 11.1 Å². The van der Waals surface area contributed by atoms with Gasteiger partial charge in [-0.2, -0.15) is 0 Å². The van der Waals surface area contributed by atoms with Gasteiger partial charge in [0.15, 0.2) is 11.6 Å². The van der Waals surface area contributed by atoms with Gasteiger partial charge in [0.1, 0.15) is 11.5 Å². The van der Waals surface area contributed by atoms with E-state index in [-0.39, 0.29) is 11.4 Å². The van der Waals surface area contributed by atoms with Crippen molar-refractivity contribution >= 4 is 17.1 Å². The summed E-state index contributed by atoms with van der Waals surface area (Å²) in [6.07, 6.45) is 0. The molecular formula is C12H9F3N2. The monoisotopic (exact) mass is 238 g/mol. The molecule has 5 heteroatoms. The summed E-state index contributed by atoms with van der Waals surface area (Å²) in [6.45, 7) is 0. The topological polar surface area (TPSA) is 38.0 Å². The molecule has 2 nitrogen and oxygen atoms in total. The summed E-state index contributed by atoms with van der Waals surface area (Å²) < 4.78 is 39.5. The molecule has 0 saturated carbocycles. The van der Waals surface area contributed by atoms with Crippen LogP contribution in [0.25, 0.3) is 0 Å². The van der Waals surface area contributed by atoms with Crippen LogP contribution >= 0.6 is 0 Å². The average molecular weight is 238 g/mol. The van der Waals surface area contributed by atoms with Crippen LogP contribution in [0.15, 0.2) is 36.4 Å². The van der Waals surface area contributed by atoms with Crippen molar-refractivity contribution in [3.63, 3.8) is 0 Å². The number of nitrogens with one attached hydrogen (secondary N) is 1. The summed E-state index contributed by atoms with van der Waals surface area (Å²) in [5.41, 5.74) is 5.36. The lowest BCUT2D eigenvalue weighted by molar-refractivity contribution is 0.592. The molecule has 0 fully saturated rings. The number of benzene rings is 2. The lowest BCUT2D eigenvalue weighted by Crippen LogP contribution is -1.99. The molecule has 88 valence electrons. The zero-order valence-electron chi connectivity index (χ0n) is 8.68. The van der Waals surface area contributed by atoms with Gasteiger partial charge in [0.25, 0.3) is 0 Å². The predicted molar refractivity (Wildman–Crippen MR) is 60.5 cm³/mol. The van der Waals surface area contributed by atoms with Crippen molar-refractivity contribution in [1.29, 1.82) is 0 Å². The molecule has 0 atom stereocenters. The van der Waals surface area contributed by atoms with E-state index in [0.717, 1.165) is 12.1 Å². The summed E-state index contributed by atoms with van der Waals surface area (Å²) in [6, 6.07) is 7.16. The highest BCUT2D eigenvalue weighted by Gasteiger charge is 2.10. The molecule has 0 unspecified atom stereocenters. The molecule has 0 saturated heterocycles. The normalized spacial score (nSPS) is 10.3. The van der Waals surface area contributed by atoms with E-state index in [9.17, 15) is 13.2 Å². The van der Waals surface area contributed by atoms with E-state index in [1.165, 1.54) is 24.3 Å². The first-order chi connectivity index (χ1) is 8.06. The van der Waals surface area contributed by atoms with Gasteiger partial charge in [-0.1, -0.05) is 0 Å². The van der Waals surface area contributed by atoms with Crippen LogP contribution in [-0.2, 0) is 0 Å². The summed E-state index contributed by atoms with van der Waals surface area (Å²) in [4.78, 5) is 0. The van der Waals surface area contributed by atoms with Crippen molar-refractivity contribution < 1.29 is 13.2 Å². The van der Waals surface area contributed by atoms with Gasteiger partial charge in [0.2, 0.25) is 0 Å². The maximum absolute atomic E-state index is 13.4. The minimum absolute atomic E-state index is 0.00431. The lowest BCUT2D eigenvalue weighted by atomic mass is 10.2. The van der Waals surface area contributed by atoms with Crippen LogP contribution in [0, 0.1) is 17.5 Å². The SMILES string of the molecule is Nc1cc(F)c(Nc2ccc(F)cc2)c(F)c1. The van der Waals surface area contributed by atoms with E-state index in [2.05, 4.69) is 5.32 Å². The first-order valence-electron chi connectivity index (χ1n) is 4.83. The minimum Gasteiger partial charge on any atom is -0.399 e. The second-order valence-corrected chi connectivity index (χ2v) is 3.49. The maximum Gasteiger partial charge on any atom is 0.151 e. The number of rotatable bonds is 2. The molecule has 0 amide bonds. The number of nitrogens with two attached hydrogens (primary N) is 1. The molecule has 0 heterocycles. The molecule has 0 aliphatic carbocycles. The van der Waals surface area contributed by atoms with E-state index in [1.807, 2.05) is 0 Å². The minimum atomic E-state index is -0.799. The third kappa shape index (κ3) is 2.50. The number of hydrogen-bond acceptors (Lipinski definition) is 2. The van der Waals surface area contributed by atoms with E-state index < -0.39 is 17.5 Å². The fourth-order valence-corrected chi connectivity index (χ4v) is 1.39. The Morgan fingerprint density at radius 3 is 1.94 bits per heavy atom. The first-order valence-corrected chi connectivity index (χ1v) is 4.83. The van der Waals surface area contributed by atoms with Crippen LogP contribution in [0.1, 0.15) is 0 Å². The molecule has 2 aromatic rings. The summed E-state index contributed by atoms with van der Waals surface area (Å²) in [5, 5.41) is 2.52.